The van der Waals surface area contributed by atoms with Crippen molar-refractivity contribution < 1.29 is 0 Å². The standard InChI is InChI=1S/C14H11ClN4S/c1-8-11(9-5-3-2-4-6-9)18-13(19-12(8)16)14-17-7-10(15)20-14/h2-7H,1H3,(H2,16,18,19). The molecule has 0 unspecified atom stereocenters. The van der Waals surface area contributed by atoms with Crippen LogP contribution < -0.4 is 5.73 Å². The van der Waals surface area contributed by atoms with Gasteiger partial charge >= 0.3 is 0 Å². The number of aromatic nitrogens is 3. The normalized spacial score (nSPS) is 10.7. The first-order valence-electron chi connectivity index (χ1n) is 5.96. The van der Waals surface area contributed by atoms with Crippen molar-refractivity contribution in [2.45, 2.75) is 6.92 Å². The van der Waals surface area contributed by atoms with Gasteiger partial charge in [0.1, 0.15) is 10.2 Å². The van der Waals surface area contributed by atoms with E-state index in [0.717, 1.165) is 16.8 Å². The average molecular weight is 303 g/mol. The SMILES string of the molecule is Cc1c(N)nc(-c2ncc(Cl)s2)nc1-c1ccccc1. The first kappa shape index (κ1) is 13.0. The molecule has 0 aliphatic carbocycles. The van der Waals surface area contributed by atoms with Gasteiger partial charge in [-0.15, -0.1) is 0 Å². The van der Waals surface area contributed by atoms with E-state index in [2.05, 4.69) is 15.0 Å². The summed E-state index contributed by atoms with van der Waals surface area (Å²) in [7, 11) is 0. The number of thiazole rings is 1. The smallest absolute Gasteiger partial charge is 0.191 e. The van der Waals surface area contributed by atoms with Gasteiger partial charge in [0.15, 0.2) is 10.8 Å². The molecular weight excluding hydrogens is 292 g/mol. The Hall–Kier alpha value is -1.98. The highest BCUT2D eigenvalue weighted by Crippen LogP contribution is 2.30. The highest BCUT2D eigenvalue weighted by molar-refractivity contribution is 7.18. The summed E-state index contributed by atoms with van der Waals surface area (Å²) in [6, 6.07) is 9.88. The second-order valence-corrected chi connectivity index (χ2v) is 5.90. The molecule has 0 fully saturated rings. The third-order valence-corrected chi connectivity index (χ3v) is 4.01. The van der Waals surface area contributed by atoms with Gasteiger partial charge in [0.2, 0.25) is 0 Å². The number of rotatable bonds is 2. The Morgan fingerprint density at radius 3 is 2.55 bits per heavy atom. The van der Waals surface area contributed by atoms with Crippen LogP contribution >= 0.6 is 22.9 Å². The van der Waals surface area contributed by atoms with Crippen LogP contribution in [-0.2, 0) is 0 Å². The number of hydrogen-bond donors (Lipinski definition) is 1. The van der Waals surface area contributed by atoms with E-state index >= 15 is 0 Å². The van der Waals surface area contributed by atoms with Gasteiger partial charge in [-0.3, -0.25) is 0 Å². The largest absolute Gasteiger partial charge is 0.383 e. The fourth-order valence-electron chi connectivity index (χ4n) is 1.86. The lowest BCUT2D eigenvalue weighted by atomic mass is 10.1. The highest BCUT2D eigenvalue weighted by atomic mass is 35.5. The van der Waals surface area contributed by atoms with Crippen LogP contribution in [-0.4, -0.2) is 15.0 Å². The van der Waals surface area contributed by atoms with Crippen LogP contribution in [0, 0.1) is 6.92 Å². The van der Waals surface area contributed by atoms with Crippen molar-refractivity contribution in [3.8, 4) is 22.1 Å². The van der Waals surface area contributed by atoms with E-state index in [1.165, 1.54) is 11.3 Å². The van der Waals surface area contributed by atoms with Gasteiger partial charge in [-0.2, -0.15) is 0 Å². The summed E-state index contributed by atoms with van der Waals surface area (Å²) in [5.74, 6) is 0.962. The van der Waals surface area contributed by atoms with Crippen LogP contribution in [0.25, 0.3) is 22.1 Å². The van der Waals surface area contributed by atoms with Crippen LogP contribution in [0.3, 0.4) is 0 Å². The molecular formula is C14H11ClN4S. The van der Waals surface area contributed by atoms with E-state index in [4.69, 9.17) is 17.3 Å². The van der Waals surface area contributed by atoms with Gasteiger partial charge in [-0.05, 0) is 6.92 Å². The molecule has 20 heavy (non-hydrogen) atoms. The minimum absolute atomic E-state index is 0.458. The first-order chi connectivity index (χ1) is 9.65. The molecule has 3 rings (SSSR count). The lowest BCUT2D eigenvalue weighted by molar-refractivity contribution is 1.14. The zero-order valence-corrected chi connectivity index (χ0v) is 12.2. The van der Waals surface area contributed by atoms with E-state index in [0.29, 0.717) is 21.0 Å². The molecule has 6 heteroatoms. The first-order valence-corrected chi connectivity index (χ1v) is 7.16. The van der Waals surface area contributed by atoms with Crippen molar-refractivity contribution in [3.63, 3.8) is 0 Å². The monoisotopic (exact) mass is 302 g/mol. The van der Waals surface area contributed by atoms with E-state index in [1.807, 2.05) is 37.3 Å². The van der Waals surface area contributed by atoms with Crippen molar-refractivity contribution in [1.29, 1.82) is 0 Å². The van der Waals surface area contributed by atoms with Crippen molar-refractivity contribution in [3.05, 3.63) is 46.4 Å². The summed E-state index contributed by atoms with van der Waals surface area (Å²) >= 11 is 7.24. The van der Waals surface area contributed by atoms with E-state index in [1.54, 1.807) is 6.20 Å². The number of nitrogen functional groups attached to an aromatic ring is 1. The Bertz CT molecular complexity index is 755. The molecule has 3 aromatic rings. The molecule has 4 nitrogen and oxygen atoms in total. The van der Waals surface area contributed by atoms with Gasteiger partial charge in [-0.25, -0.2) is 15.0 Å². The van der Waals surface area contributed by atoms with Crippen LogP contribution in [0.4, 0.5) is 5.82 Å². The minimum atomic E-state index is 0.458. The topological polar surface area (TPSA) is 64.7 Å². The lowest BCUT2D eigenvalue weighted by Crippen LogP contribution is -2.02. The molecule has 0 saturated heterocycles. The molecule has 2 aromatic heterocycles. The Morgan fingerprint density at radius 2 is 1.90 bits per heavy atom. The minimum Gasteiger partial charge on any atom is -0.383 e. The van der Waals surface area contributed by atoms with Crippen LogP contribution in [0.1, 0.15) is 5.56 Å². The molecule has 0 atom stereocenters. The van der Waals surface area contributed by atoms with Crippen molar-refractivity contribution in [2.75, 3.05) is 5.73 Å². The Labute approximate surface area is 125 Å². The average Bonchev–Trinajstić information content (AvgIpc) is 2.89. The van der Waals surface area contributed by atoms with E-state index in [-0.39, 0.29) is 0 Å². The van der Waals surface area contributed by atoms with E-state index in [9.17, 15) is 0 Å². The summed E-state index contributed by atoms with van der Waals surface area (Å²) in [4.78, 5) is 13.1. The Balaban J connectivity index is 2.18. The second kappa shape index (κ2) is 5.19. The Kier molecular flexibility index (Phi) is 3.38. The highest BCUT2D eigenvalue weighted by Gasteiger charge is 2.14. The molecule has 2 N–H and O–H groups in total. The lowest BCUT2D eigenvalue weighted by Gasteiger charge is -2.09. The van der Waals surface area contributed by atoms with Crippen molar-refractivity contribution >= 4 is 28.8 Å². The van der Waals surface area contributed by atoms with Crippen molar-refractivity contribution in [2.24, 2.45) is 0 Å². The molecule has 100 valence electrons. The molecule has 0 amide bonds. The van der Waals surface area contributed by atoms with Crippen molar-refractivity contribution in [1.82, 2.24) is 15.0 Å². The summed E-state index contributed by atoms with van der Waals surface area (Å²) in [5, 5.41) is 0.666. The maximum atomic E-state index is 6.00. The molecule has 1 aromatic carbocycles. The zero-order valence-electron chi connectivity index (χ0n) is 10.7. The molecule has 0 spiro atoms. The third-order valence-electron chi connectivity index (χ3n) is 2.90. The third kappa shape index (κ3) is 2.37. The number of benzene rings is 1. The number of halogens is 1. The number of nitrogens with zero attached hydrogens (tertiary/aromatic N) is 3. The van der Waals surface area contributed by atoms with Crippen LogP contribution in [0.15, 0.2) is 36.5 Å². The Morgan fingerprint density at radius 1 is 1.15 bits per heavy atom. The van der Waals surface area contributed by atoms with Gasteiger partial charge in [-0.1, -0.05) is 53.3 Å². The molecule has 0 aliphatic rings. The number of anilines is 1. The second-order valence-electron chi connectivity index (χ2n) is 4.24. The fraction of sp³-hybridized carbons (Fsp3) is 0.0714. The zero-order chi connectivity index (χ0) is 14.1. The number of hydrogen-bond acceptors (Lipinski definition) is 5. The summed E-state index contributed by atoms with van der Waals surface area (Å²) < 4.78 is 0.601. The quantitative estimate of drug-likeness (QED) is 0.781. The van der Waals surface area contributed by atoms with Crippen LogP contribution in [0.2, 0.25) is 4.34 Å². The number of nitrogens with two attached hydrogens (primary N) is 1. The fourth-order valence-corrected chi connectivity index (χ4v) is 2.71. The van der Waals surface area contributed by atoms with Gasteiger partial charge in [0.25, 0.3) is 0 Å². The molecule has 0 aliphatic heterocycles. The molecule has 0 saturated carbocycles. The summed E-state index contributed by atoms with van der Waals surface area (Å²) in [6.45, 7) is 1.91. The maximum Gasteiger partial charge on any atom is 0.191 e. The predicted molar refractivity (Wildman–Crippen MR) is 82.7 cm³/mol. The van der Waals surface area contributed by atoms with E-state index < -0.39 is 0 Å². The summed E-state index contributed by atoms with van der Waals surface area (Å²) in [5.41, 5.74) is 8.68. The maximum absolute atomic E-state index is 6.00. The molecule has 0 bridgehead atoms. The molecule has 0 radical (unpaired) electrons. The van der Waals surface area contributed by atoms with Gasteiger partial charge in [0, 0.05) is 11.1 Å². The van der Waals surface area contributed by atoms with Gasteiger partial charge in [0.05, 0.1) is 11.9 Å². The predicted octanol–water partition coefficient (Wildman–Crippen LogP) is 3.81. The van der Waals surface area contributed by atoms with Gasteiger partial charge < -0.3 is 5.73 Å². The molecule has 2 heterocycles. The summed E-state index contributed by atoms with van der Waals surface area (Å²) in [6.07, 6.45) is 1.59. The van der Waals surface area contributed by atoms with Crippen LogP contribution in [0.5, 0.6) is 0 Å².